The van der Waals surface area contributed by atoms with Gasteiger partial charge >= 0.3 is 10.2 Å². The molecule has 3 aromatic rings. The van der Waals surface area contributed by atoms with Crippen LogP contribution in [0.1, 0.15) is 63.5 Å². The van der Waals surface area contributed by atoms with Gasteiger partial charge in [0.15, 0.2) is 0 Å². The summed E-state index contributed by atoms with van der Waals surface area (Å²) < 4.78 is 50.5. The first-order chi connectivity index (χ1) is 21.2. The molecule has 44 heavy (non-hydrogen) atoms. The van der Waals surface area contributed by atoms with E-state index in [1.807, 2.05) is 42.2 Å². The van der Waals surface area contributed by atoms with Crippen LogP contribution in [-0.4, -0.2) is 37.2 Å². The fourth-order valence-electron chi connectivity index (χ4n) is 6.65. The molecule has 2 saturated carbocycles. The average molecular weight is 619 g/mol. The molecule has 2 unspecified atom stereocenters. The molecule has 1 amide bonds. The van der Waals surface area contributed by atoms with Crippen LogP contribution in [0.4, 0.5) is 15.8 Å². The number of halogens is 1. The number of hydrogen-bond donors (Lipinski definition) is 2. The molecule has 1 heterocycles. The molecular weight excluding hydrogens is 579 g/mol. The number of carbonyl (C=O) groups excluding carboxylic acids is 1. The van der Waals surface area contributed by atoms with Gasteiger partial charge in [0.1, 0.15) is 17.2 Å². The molecule has 0 saturated heterocycles. The average Bonchev–Trinajstić information content (AvgIpc) is 3.54. The molecule has 3 atom stereocenters. The SMILES string of the molecule is CCCCC1=NC2(CC3C[C@@H]3C2)C(=O)N1Cc1ccc(-c2ccccc2NS(=O)(=O)Nc2cccc(F)c2)c(COCC)c1. The van der Waals surface area contributed by atoms with Gasteiger partial charge in [0.2, 0.25) is 0 Å². The number of amides is 1. The summed E-state index contributed by atoms with van der Waals surface area (Å²) in [6.45, 7) is 5.34. The lowest BCUT2D eigenvalue weighted by Gasteiger charge is -2.24. The number of aliphatic imine (C=N–C) groups is 1. The first-order valence-electron chi connectivity index (χ1n) is 15.5. The largest absolute Gasteiger partial charge is 0.377 e. The Kier molecular flexibility index (Phi) is 8.48. The van der Waals surface area contributed by atoms with Crippen molar-refractivity contribution in [1.29, 1.82) is 0 Å². The third-order valence-electron chi connectivity index (χ3n) is 8.83. The van der Waals surface area contributed by atoms with Crippen molar-refractivity contribution in [2.24, 2.45) is 16.8 Å². The fourth-order valence-corrected chi connectivity index (χ4v) is 7.60. The first-order valence-corrected chi connectivity index (χ1v) is 16.9. The third kappa shape index (κ3) is 6.37. The van der Waals surface area contributed by atoms with Crippen molar-refractivity contribution in [1.82, 2.24) is 4.90 Å². The second-order valence-electron chi connectivity index (χ2n) is 12.1. The van der Waals surface area contributed by atoms with Crippen molar-refractivity contribution in [3.8, 4) is 11.1 Å². The van der Waals surface area contributed by atoms with Crippen molar-refractivity contribution < 1.29 is 22.3 Å². The number of para-hydroxylation sites is 1. The Morgan fingerprint density at radius 3 is 2.55 bits per heavy atom. The molecule has 0 radical (unpaired) electrons. The van der Waals surface area contributed by atoms with Crippen molar-refractivity contribution in [3.63, 3.8) is 0 Å². The minimum atomic E-state index is -4.08. The maximum absolute atomic E-state index is 13.8. The normalized spacial score (nSPS) is 22.3. The second kappa shape index (κ2) is 12.3. The summed E-state index contributed by atoms with van der Waals surface area (Å²) in [5.74, 6) is 1.79. The Morgan fingerprint density at radius 2 is 1.80 bits per heavy atom. The van der Waals surface area contributed by atoms with E-state index in [0.29, 0.717) is 42.8 Å². The number of amidine groups is 1. The highest BCUT2D eigenvalue weighted by Gasteiger charge is 2.61. The lowest BCUT2D eigenvalue weighted by atomic mass is 9.93. The summed E-state index contributed by atoms with van der Waals surface area (Å²) in [6, 6.07) is 18.4. The van der Waals surface area contributed by atoms with Gasteiger partial charge < -0.3 is 4.74 Å². The van der Waals surface area contributed by atoms with E-state index in [4.69, 9.17) is 9.73 Å². The number of carbonyl (C=O) groups is 1. The molecule has 232 valence electrons. The molecule has 0 aromatic heterocycles. The maximum atomic E-state index is 13.8. The van der Waals surface area contributed by atoms with Gasteiger partial charge in [-0.1, -0.05) is 55.8 Å². The van der Waals surface area contributed by atoms with Gasteiger partial charge in [-0.3, -0.25) is 24.1 Å². The van der Waals surface area contributed by atoms with E-state index in [1.165, 1.54) is 24.6 Å². The minimum Gasteiger partial charge on any atom is -0.377 e. The van der Waals surface area contributed by atoms with Crippen LogP contribution in [0.5, 0.6) is 0 Å². The summed E-state index contributed by atoms with van der Waals surface area (Å²) in [5, 5.41) is 0. The lowest BCUT2D eigenvalue weighted by molar-refractivity contribution is -0.131. The molecule has 6 rings (SSSR count). The van der Waals surface area contributed by atoms with Crippen molar-refractivity contribution in [2.75, 3.05) is 16.1 Å². The van der Waals surface area contributed by atoms with Crippen molar-refractivity contribution in [3.05, 3.63) is 83.7 Å². The van der Waals surface area contributed by atoms with Gasteiger partial charge in [-0.25, -0.2) is 4.39 Å². The quantitative estimate of drug-likeness (QED) is 0.218. The maximum Gasteiger partial charge on any atom is 0.321 e. The van der Waals surface area contributed by atoms with Crippen LogP contribution in [0, 0.1) is 17.7 Å². The summed E-state index contributed by atoms with van der Waals surface area (Å²) in [4.78, 5) is 20.8. The second-order valence-corrected chi connectivity index (χ2v) is 13.5. The van der Waals surface area contributed by atoms with E-state index in [0.717, 1.165) is 60.7 Å². The number of anilines is 2. The van der Waals surface area contributed by atoms with Crippen LogP contribution in [0.2, 0.25) is 0 Å². The Hall–Kier alpha value is -3.76. The summed E-state index contributed by atoms with van der Waals surface area (Å²) in [5.41, 5.74) is 3.24. The monoisotopic (exact) mass is 618 g/mol. The zero-order valence-corrected chi connectivity index (χ0v) is 26.0. The molecule has 1 spiro atoms. The van der Waals surface area contributed by atoms with Crippen LogP contribution in [0.3, 0.4) is 0 Å². The van der Waals surface area contributed by atoms with Gasteiger partial charge in [0.05, 0.1) is 24.5 Å². The Morgan fingerprint density at radius 1 is 1.00 bits per heavy atom. The summed E-state index contributed by atoms with van der Waals surface area (Å²) in [7, 11) is -4.08. The number of ether oxygens (including phenoxy) is 1. The molecule has 10 heteroatoms. The highest BCUT2D eigenvalue weighted by atomic mass is 32.2. The molecule has 8 nitrogen and oxygen atoms in total. The molecule has 3 aromatic carbocycles. The van der Waals surface area contributed by atoms with Crippen LogP contribution >= 0.6 is 0 Å². The van der Waals surface area contributed by atoms with E-state index in [2.05, 4.69) is 16.4 Å². The molecule has 1 aliphatic heterocycles. The zero-order valence-electron chi connectivity index (χ0n) is 25.2. The number of fused-ring (bicyclic) bond motifs is 1. The molecule has 3 aliphatic rings. The Balaban J connectivity index is 1.27. The van der Waals surface area contributed by atoms with Crippen LogP contribution in [0.15, 0.2) is 71.7 Å². The Labute approximate surface area is 258 Å². The minimum absolute atomic E-state index is 0.117. The predicted molar refractivity (Wildman–Crippen MR) is 171 cm³/mol. The van der Waals surface area contributed by atoms with Gasteiger partial charge in [-0.15, -0.1) is 0 Å². The molecule has 2 fully saturated rings. The molecule has 0 bridgehead atoms. The standard InChI is InChI=1S/C34H39FN4O4S/c1-3-5-13-32-36-34(19-24-17-25(24)20-34)33(40)39(32)21-23-14-15-29(26(16-23)22-43-4-2)30-11-6-7-12-31(30)38-44(41,42)37-28-10-8-9-27(35)18-28/h6-12,14-16,18,24-25,37-38H,3-5,13,17,19-22H2,1-2H3/t24-,25?,34?/m1/s1. The highest BCUT2D eigenvalue weighted by Crippen LogP contribution is 2.59. The lowest BCUT2D eigenvalue weighted by Crippen LogP contribution is -2.41. The van der Waals surface area contributed by atoms with Crippen molar-refractivity contribution >= 4 is 33.3 Å². The first kappa shape index (κ1) is 30.3. The van der Waals surface area contributed by atoms with Gasteiger partial charge in [-0.05, 0) is 85.4 Å². The molecule has 2 aliphatic carbocycles. The topological polar surface area (TPSA) is 100 Å². The van der Waals surface area contributed by atoms with E-state index < -0.39 is 21.6 Å². The summed E-state index contributed by atoms with van der Waals surface area (Å²) >= 11 is 0. The van der Waals surface area contributed by atoms with Crippen LogP contribution in [0.25, 0.3) is 11.1 Å². The third-order valence-corrected chi connectivity index (χ3v) is 9.82. The van der Waals surface area contributed by atoms with E-state index in [1.54, 1.807) is 12.1 Å². The van der Waals surface area contributed by atoms with Gasteiger partial charge in [-0.2, -0.15) is 8.42 Å². The number of rotatable bonds is 13. The number of hydrogen-bond acceptors (Lipinski definition) is 5. The zero-order chi connectivity index (χ0) is 30.9. The van der Waals surface area contributed by atoms with Gasteiger partial charge in [0.25, 0.3) is 5.91 Å². The number of unbranched alkanes of at least 4 members (excludes halogenated alkanes) is 1. The number of nitrogens with one attached hydrogen (secondary N) is 2. The summed E-state index contributed by atoms with van der Waals surface area (Å²) in [6.07, 6.45) is 5.79. The number of benzene rings is 3. The fraction of sp³-hybridized carbons (Fsp3) is 0.412. The molecular formula is C34H39FN4O4S. The van der Waals surface area contributed by atoms with Crippen LogP contribution < -0.4 is 9.44 Å². The smallest absolute Gasteiger partial charge is 0.321 e. The Bertz CT molecular complexity index is 1680. The van der Waals surface area contributed by atoms with E-state index in [-0.39, 0.29) is 11.6 Å². The number of nitrogens with zero attached hydrogens (tertiary/aromatic N) is 2. The predicted octanol–water partition coefficient (Wildman–Crippen LogP) is 6.90. The highest BCUT2D eigenvalue weighted by molar-refractivity contribution is 7.94. The van der Waals surface area contributed by atoms with Gasteiger partial charge in [0, 0.05) is 18.6 Å². The van der Waals surface area contributed by atoms with E-state index >= 15 is 0 Å². The van der Waals surface area contributed by atoms with Crippen molar-refractivity contribution in [2.45, 2.75) is 71.1 Å². The molecule has 2 N–H and O–H groups in total. The van der Waals surface area contributed by atoms with Crippen LogP contribution in [-0.2, 0) is 32.9 Å². The van der Waals surface area contributed by atoms with E-state index in [9.17, 15) is 17.6 Å².